The van der Waals surface area contributed by atoms with Gasteiger partial charge in [0.25, 0.3) is 5.91 Å². The van der Waals surface area contributed by atoms with Gasteiger partial charge in [-0.05, 0) is 57.2 Å². The number of anilines is 1. The molecule has 0 spiro atoms. The third-order valence-corrected chi connectivity index (χ3v) is 3.44. The van der Waals surface area contributed by atoms with Crippen molar-refractivity contribution in [1.82, 2.24) is 4.98 Å². The molecule has 0 atom stereocenters. The molecule has 1 aromatic carbocycles. The second-order valence-corrected chi connectivity index (χ2v) is 5.66. The van der Waals surface area contributed by atoms with Crippen LogP contribution >= 0.6 is 0 Å². The fourth-order valence-electron chi connectivity index (χ4n) is 2.22. The van der Waals surface area contributed by atoms with Crippen LogP contribution in [-0.2, 0) is 0 Å². The van der Waals surface area contributed by atoms with E-state index in [0.29, 0.717) is 11.4 Å². The molecular weight excluding hydrogens is 308 g/mol. The molecule has 126 valence electrons. The molecule has 1 N–H and O–H groups in total. The number of pyridine rings is 1. The molecule has 24 heavy (non-hydrogen) atoms. The lowest BCUT2D eigenvalue weighted by molar-refractivity contribution is 0.0695. The summed E-state index contributed by atoms with van der Waals surface area (Å²) in [6, 6.07) is 9.98. The maximum atomic E-state index is 12.5. The number of amides is 1. The van der Waals surface area contributed by atoms with E-state index in [1.807, 2.05) is 13.8 Å². The van der Waals surface area contributed by atoms with Gasteiger partial charge in [-0.3, -0.25) is 4.79 Å². The summed E-state index contributed by atoms with van der Waals surface area (Å²) < 4.78 is 5.57. The van der Waals surface area contributed by atoms with Crippen molar-refractivity contribution >= 4 is 17.6 Å². The van der Waals surface area contributed by atoms with E-state index in [1.54, 1.807) is 38.2 Å². The minimum atomic E-state index is -1.06. The third-order valence-electron chi connectivity index (χ3n) is 3.44. The largest absolute Gasteiger partial charge is 0.491 e. The van der Waals surface area contributed by atoms with Crippen LogP contribution in [0.25, 0.3) is 0 Å². The van der Waals surface area contributed by atoms with Gasteiger partial charge in [0.05, 0.1) is 17.4 Å². The van der Waals surface area contributed by atoms with Gasteiger partial charge in [0.2, 0.25) is 0 Å². The molecule has 0 saturated heterocycles. The second kappa shape index (κ2) is 7.12. The summed E-state index contributed by atoms with van der Waals surface area (Å²) in [6.07, 6.45) is 0.0788. The van der Waals surface area contributed by atoms with Crippen LogP contribution in [0, 0.1) is 6.92 Å². The SMILES string of the molecule is Cc1nc(C(=O)N(C)c2ccc(OC(C)C)cc2)ccc1C(=O)O. The van der Waals surface area contributed by atoms with E-state index in [-0.39, 0.29) is 23.3 Å². The van der Waals surface area contributed by atoms with Gasteiger partial charge in [-0.2, -0.15) is 0 Å². The molecule has 0 bridgehead atoms. The van der Waals surface area contributed by atoms with Gasteiger partial charge < -0.3 is 14.7 Å². The van der Waals surface area contributed by atoms with E-state index < -0.39 is 5.97 Å². The van der Waals surface area contributed by atoms with Crippen LogP contribution in [0.1, 0.15) is 40.4 Å². The number of carboxylic acids is 1. The van der Waals surface area contributed by atoms with E-state index in [9.17, 15) is 9.59 Å². The predicted octanol–water partition coefficient (Wildman–Crippen LogP) is 3.15. The van der Waals surface area contributed by atoms with E-state index in [0.717, 1.165) is 5.75 Å². The number of nitrogens with zero attached hydrogens (tertiary/aromatic N) is 2. The van der Waals surface area contributed by atoms with Gasteiger partial charge in [-0.1, -0.05) is 0 Å². The Kier molecular flexibility index (Phi) is 5.18. The van der Waals surface area contributed by atoms with Crippen molar-refractivity contribution < 1.29 is 19.4 Å². The van der Waals surface area contributed by atoms with Crippen LogP contribution in [0.15, 0.2) is 36.4 Å². The van der Waals surface area contributed by atoms with Gasteiger partial charge in [0, 0.05) is 12.7 Å². The highest BCUT2D eigenvalue weighted by Gasteiger charge is 2.17. The number of rotatable bonds is 5. The molecule has 0 unspecified atom stereocenters. The normalized spacial score (nSPS) is 10.5. The van der Waals surface area contributed by atoms with Gasteiger partial charge in [-0.15, -0.1) is 0 Å². The number of benzene rings is 1. The number of aromatic carboxylic acids is 1. The number of carbonyl (C=O) groups excluding carboxylic acids is 1. The molecule has 6 heteroatoms. The minimum absolute atomic E-state index is 0.0788. The first kappa shape index (κ1) is 17.5. The van der Waals surface area contributed by atoms with Gasteiger partial charge in [-0.25, -0.2) is 9.78 Å². The summed E-state index contributed by atoms with van der Waals surface area (Å²) in [5, 5.41) is 9.02. The number of ether oxygens (including phenoxy) is 1. The number of hydrogen-bond acceptors (Lipinski definition) is 4. The molecule has 2 rings (SSSR count). The van der Waals surface area contributed by atoms with Crippen molar-refractivity contribution in [1.29, 1.82) is 0 Å². The Morgan fingerprint density at radius 3 is 2.25 bits per heavy atom. The molecule has 0 aliphatic rings. The first-order valence-corrected chi connectivity index (χ1v) is 7.55. The molecule has 1 amide bonds. The number of aryl methyl sites for hydroxylation is 1. The number of aromatic nitrogens is 1. The predicted molar refractivity (Wildman–Crippen MR) is 90.9 cm³/mol. The maximum Gasteiger partial charge on any atom is 0.337 e. The molecule has 1 heterocycles. The lowest BCUT2D eigenvalue weighted by atomic mass is 10.1. The fourth-order valence-corrected chi connectivity index (χ4v) is 2.22. The Bertz CT molecular complexity index is 754. The topological polar surface area (TPSA) is 79.7 Å². The maximum absolute atomic E-state index is 12.5. The highest BCUT2D eigenvalue weighted by Crippen LogP contribution is 2.21. The molecule has 2 aromatic rings. The van der Waals surface area contributed by atoms with Crippen molar-refractivity contribution in [2.75, 3.05) is 11.9 Å². The molecule has 0 aliphatic heterocycles. The summed E-state index contributed by atoms with van der Waals surface area (Å²) in [4.78, 5) is 29.1. The van der Waals surface area contributed by atoms with Crippen LogP contribution in [0.4, 0.5) is 5.69 Å². The Hall–Kier alpha value is -2.89. The van der Waals surface area contributed by atoms with E-state index in [2.05, 4.69) is 4.98 Å². The molecular formula is C18H20N2O4. The number of carboxylic acid groups (broad SMARTS) is 1. The van der Waals surface area contributed by atoms with Gasteiger partial charge in [0.1, 0.15) is 11.4 Å². The van der Waals surface area contributed by atoms with Crippen molar-refractivity contribution in [3.8, 4) is 5.75 Å². The monoisotopic (exact) mass is 328 g/mol. The second-order valence-electron chi connectivity index (χ2n) is 5.66. The zero-order valence-electron chi connectivity index (χ0n) is 14.1. The summed E-state index contributed by atoms with van der Waals surface area (Å²) in [5.41, 5.74) is 1.28. The highest BCUT2D eigenvalue weighted by atomic mass is 16.5. The minimum Gasteiger partial charge on any atom is -0.491 e. The summed E-state index contributed by atoms with van der Waals surface area (Å²) in [5.74, 6) is -0.643. The standard InChI is InChI=1S/C18H20N2O4/c1-11(2)24-14-7-5-13(6-8-14)20(4)17(21)16-10-9-15(18(22)23)12(3)19-16/h5-11H,1-4H3,(H,22,23). The Morgan fingerprint density at radius 1 is 1.12 bits per heavy atom. The fraction of sp³-hybridized carbons (Fsp3) is 0.278. The number of hydrogen-bond donors (Lipinski definition) is 1. The average molecular weight is 328 g/mol. The first-order chi connectivity index (χ1) is 11.3. The Labute approximate surface area is 140 Å². The van der Waals surface area contributed by atoms with Crippen molar-refractivity contribution in [2.45, 2.75) is 26.9 Å². The highest BCUT2D eigenvalue weighted by molar-refractivity contribution is 6.04. The molecule has 0 saturated carbocycles. The van der Waals surface area contributed by atoms with Crippen LogP contribution in [0.3, 0.4) is 0 Å². The zero-order valence-corrected chi connectivity index (χ0v) is 14.1. The van der Waals surface area contributed by atoms with Crippen molar-refractivity contribution in [2.24, 2.45) is 0 Å². The van der Waals surface area contributed by atoms with Crippen molar-refractivity contribution in [3.05, 3.63) is 53.3 Å². The lowest BCUT2D eigenvalue weighted by Crippen LogP contribution is -2.27. The third kappa shape index (κ3) is 3.90. The van der Waals surface area contributed by atoms with E-state index in [1.165, 1.54) is 17.0 Å². The molecule has 0 aliphatic carbocycles. The van der Waals surface area contributed by atoms with Gasteiger partial charge >= 0.3 is 5.97 Å². The summed E-state index contributed by atoms with van der Waals surface area (Å²) in [6.45, 7) is 5.45. The van der Waals surface area contributed by atoms with Crippen LogP contribution in [0.5, 0.6) is 5.75 Å². The quantitative estimate of drug-likeness (QED) is 0.912. The molecule has 1 aromatic heterocycles. The van der Waals surface area contributed by atoms with Gasteiger partial charge in [0.15, 0.2) is 0 Å². The lowest BCUT2D eigenvalue weighted by Gasteiger charge is -2.18. The summed E-state index contributed by atoms with van der Waals surface area (Å²) >= 11 is 0. The zero-order chi connectivity index (χ0) is 17.9. The summed E-state index contributed by atoms with van der Waals surface area (Å²) in [7, 11) is 1.64. The van der Waals surface area contributed by atoms with Crippen LogP contribution < -0.4 is 9.64 Å². The Morgan fingerprint density at radius 2 is 1.75 bits per heavy atom. The Balaban J connectivity index is 2.20. The molecule has 0 radical (unpaired) electrons. The number of carbonyl (C=O) groups is 2. The molecule has 6 nitrogen and oxygen atoms in total. The van der Waals surface area contributed by atoms with Crippen molar-refractivity contribution in [3.63, 3.8) is 0 Å². The van der Waals surface area contributed by atoms with E-state index in [4.69, 9.17) is 9.84 Å². The first-order valence-electron chi connectivity index (χ1n) is 7.55. The molecule has 0 fully saturated rings. The van der Waals surface area contributed by atoms with Crippen LogP contribution in [0.2, 0.25) is 0 Å². The van der Waals surface area contributed by atoms with Crippen LogP contribution in [-0.4, -0.2) is 35.1 Å². The smallest absolute Gasteiger partial charge is 0.337 e. The average Bonchev–Trinajstić information content (AvgIpc) is 2.53. The van der Waals surface area contributed by atoms with E-state index >= 15 is 0 Å².